The minimum atomic E-state index is -0.320. The standard InChI is InChI=1S/C28H26N2O4S/c1-18-7-10-21(11-8-18)16-30-27(32)25(35-28(30)33)15-22-5-4-6-23(14-22)34-17-26(31)29-24-12-9-19(2)13-20(24)3/h4-15H,16-17H2,1-3H3,(H,29,31)/b25-15-. The van der Waals surface area contributed by atoms with Gasteiger partial charge in [0.25, 0.3) is 17.1 Å². The first kappa shape index (κ1) is 24.3. The van der Waals surface area contributed by atoms with E-state index in [2.05, 4.69) is 5.32 Å². The number of nitrogens with zero attached hydrogens (tertiary/aromatic N) is 1. The highest BCUT2D eigenvalue weighted by molar-refractivity contribution is 8.18. The van der Waals surface area contributed by atoms with E-state index < -0.39 is 0 Å². The van der Waals surface area contributed by atoms with Gasteiger partial charge >= 0.3 is 0 Å². The number of carbonyl (C=O) groups is 3. The number of hydrogen-bond acceptors (Lipinski definition) is 5. The molecule has 3 aromatic rings. The van der Waals surface area contributed by atoms with Gasteiger partial charge in [-0.2, -0.15) is 0 Å². The Morgan fingerprint density at radius 3 is 2.46 bits per heavy atom. The predicted octanol–water partition coefficient (Wildman–Crippen LogP) is 5.87. The van der Waals surface area contributed by atoms with Crippen molar-refractivity contribution >= 4 is 40.6 Å². The van der Waals surface area contributed by atoms with Crippen LogP contribution in [-0.2, 0) is 16.1 Å². The van der Waals surface area contributed by atoms with Crippen LogP contribution in [0.25, 0.3) is 6.08 Å². The summed E-state index contributed by atoms with van der Waals surface area (Å²) in [6, 6.07) is 20.6. The summed E-state index contributed by atoms with van der Waals surface area (Å²) in [7, 11) is 0. The predicted molar refractivity (Wildman–Crippen MR) is 139 cm³/mol. The molecule has 0 radical (unpaired) electrons. The van der Waals surface area contributed by atoms with E-state index >= 15 is 0 Å². The van der Waals surface area contributed by atoms with Crippen LogP contribution < -0.4 is 10.1 Å². The van der Waals surface area contributed by atoms with E-state index in [0.717, 1.165) is 39.7 Å². The van der Waals surface area contributed by atoms with Crippen LogP contribution in [0.2, 0.25) is 0 Å². The third-order valence-corrected chi connectivity index (χ3v) is 6.42. The molecule has 0 spiro atoms. The lowest BCUT2D eigenvalue weighted by Gasteiger charge is -2.12. The molecular formula is C28H26N2O4S. The monoisotopic (exact) mass is 486 g/mol. The molecule has 1 aliphatic rings. The van der Waals surface area contributed by atoms with Crippen LogP contribution in [0.1, 0.15) is 27.8 Å². The highest BCUT2D eigenvalue weighted by Crippen LogP contribution is 2.33. The Morgan fingerprint density at radius 1 is 0.971 bits per heavy atom. The molecule has 0 atom stereocenters. The summed E-state index contributed by atoms with van der Waals surface area (Å²) in [5.41, 5.74) is 5.58. The van der Waals surface area contributed by atoms with Crippen LogP contribution in [0.3, 0.4) is 0 Å². The maximum absolute atomic E-state index is 12.8. The van der Waals surface area contributed by atoms with E-state index in [9.17, 15) is 14.4 Å². The molecular weight excluding hydrogens is 460 g/mol. The third-order valence-electron chi connectivity index (χ3n) is 5.52. The average Bonchev–Trinajstić information content (AvgIpc) is 3.08. The summed E-state index contributed by atoms with van der Waals surface area (Å²) in [5, 5.41) is 2.56. The quantitative estimate of drug-likeness (QED) is 0.423. The smallest absolute Gasteiger partial charge is 0.293 e. The molecule has 6 nitrogen and oxygen atoms in total. The Bertz CT molecular complexity index is 1310. The van der Waals surface area contributed by atoms with E-state index in [-0.39, 0.29) is 30.2 Å². The van der Waals surface area contributed by atoms with Gasteiger partial charge < -0.3 is 10.1 Å². The topological polar surface area (TPSA) is 75.7 Å². The molecule has 0 aliphatic carbocycles. The first-order chi connectivity index (χ1) is 16.8. The second-order valence-electron chi connectivity index (χ2n) is 8.48. The SMILES string of the molecule is Cc1ccc(CN2C(=O)S/C(=C\c3cccc(OCC(=O)Nc4ccc(C)cc4C)c3)C2=O)cc1. The van der Waals surface area contributed by atoms with Crippen LogP contribution in [-0.4, -0.2) is 28.6 Å². The largest absolute Gasteiger partial charge is 0.484 e. The lowest BCUT2D eigenvalue weighted by Crippen LogP contribution is -2.27. The Kier molecular flexibility index (Phi) is 7.36. The number of amides is 3. The summed E-state index contributed by atoms with van der Waals surface area (Å²) in [6.07, 6.45) is 1.67. The summed E-state index contributed by atoms with van der Waals surface area (Å²) in [4.78, 5) is 39.2. The molecule has 178 valence electrons. The Morgan fingerprint density at radius 2 is 1.71 bits per heavy atom. The van der Waals surface area contributed by atoms with Gasteiger partial charge in [0.1, 0.15) is 5.75 Å². The number of hydrogen-bond donors (Lipinski definition) is 1. The molecule has 1 heterocycles. The first-order valence-electron chi connectivity index (χ1n) is 11.2. The van der Waals surface area contributed by atoms with Crippen molar-refractivity contribution in [1.29, 1.82) is 0 Å². The van der Waals surface area contributed by atoms with Crippen LogP contribution in [0, 0.1) is 20.8 Å². The lowest BCUT2D eigenvalue weighted by atomic mass is 10.1. The Labute approximate surface area is 209 Å². The van der Waals surface area contributed by atoms with Gasteiger partial charge in [-0.05, 0) is 73.5 Å². The lowest BCUT2D eigenvalue weighted by molar-refractivity contribution is -0.123. The molecule has 35 heavy (non-hydrogen) atoms. The molecule has 1 fully saturated rings. The van der Waals surface area contributed by atoms with Gasteiger partial charge in [0.2, 0.25) is 0 Å². The molecule has 3 aromatic carbocycles. The van der Waals surface area contributed by atoms with Gasteiger partial charge in [0.05, 0.1) is 11.4 Å². The molecule has 0 saturated carbocycles. The van der Waals surface area contributed by atoms with Crippen LogP contribution in [0.4, 0.5) is 10.5 Å². The zero-order chi connectivity index (χ0) is 24.9. The van der Waals surface area contributed by atoms with Crippen molar-refractivity contribution in [2.24, 2.45) is 0 Å². The van der Waals surface area contributed by atoms with Crippen LogP contribution in [0.5, 0.6) is 5.75 Å². The fourth-order valence-electron chi connectivity index (χ4n) is 3.65. The van der Waals surface area contributed by atoms with Crippen molar-refractivity contribution in [3.63, 3.8) is 0 Å². The molecule has 3 amide bonds. The molecule has 1 saturated heterocycles. The minimum absolute atomic E-state index is 0.149. The van der Waals surface area contributed by atoms with E-state index in [0.29, 0.717) is 16.2 Å². The average molecular weight is 487 g/mol. The van der Waals surface area contributed by atoms with E-state index in [4.69, 9.17) is 4.74 Å². The number of anilines is 1. The molecule has 1 N–H and O–H groups in total. The highest BCUT2D eigenvalue weighted by Gasteiger charge is 2.34. The summed E-state index contributed by atoms with van der Waals surface area (Å²) < 4.78 is 5.66. The van der Waals surface area contributed by atoms with Crippen LogP contribution >= 0.6 is 11.8 Å². The zero-order valence-corrected chi connectivity index (χ0v) is 20.6. The van der Waals surface area contributed by atoms with Gasteiger partial charge in [-0.3, -0.25) is 19.3 Å². The van der Waals surface area contributed by atoms with Crippen LogP contribution in [0.15, 0.2) is 71.6 Å². The first-order valence-corrected chi connectivity index (χ1v) is 12.0. The number of ether oxygens (including phenoxy) is 1. The molecule has 4 rings (SSSR count). The number of imide groups is 1. The minimum Gasteiger partial charge on any atom is -0.484 e. The zero-order valence-electron chi connectivity index (χ0n) is 19.8. The fourth-order valence-corrected chi connectivity index (χ4v) is 4.49. The van der Waals surface area contributed by atoms with Crippen molar-refractivity contribution in [2.75, 3.05) is 11.9 Å². The van der Waals surface area contributed by atoms with Crippen molar-refractivity contribution in [3.8, 4) is 5.75 Å². The second-order valence-corrected chi connectivity index (χ2v) is 9.47. The van der Waals surface area contributed by atoms with Gasteiger partial charge in [-0.25, -0.2) is 0 Å². The van der Waals surface area contributed by atoms with Crippen molar-refractivity contribution in [1.82, 2.24) is 4.90 Å². The maximum Gasteiger partial charge on any atom is 0.293 e. The highest BCUT2D eigenvalue weighted by atomic mass is 32.2. The van der Waals surface area contributed by atoms with Gasteiger partial charge in [0.15, 0.2) is 6.61 Å². The molecule has 0 aromatic heterocycles. The van der Waals surface area contributed by atoms with E-state index in [1.165, 1.54) is 4.90 Å². The van der Waals surface area contributed by atoms with E-state index in [1.54, 1.807) is 24.3 Å². The van der Waals surface area contributed by atoms with Crippen molar-refractivity contribution < 1.29 is 19.1 Å². The van der Waals surface area contributed by atoms with Crippen molar-refractivity contribution in [2.45, 2.75) is 27.3 Å². The number of benzene rings is 3. The summed E-state index contributed by atoms with van der Waals surface area (Å²) >= 11 is 0.920. The van der Waals surface area contributed by atoms with E-state index in [1.807, 2.05) is 69.3 Å². The Hall–Kier alpha value is -3.84. The van der Waals surface area contributed by atoms with Gasteiger partial charge in [-0.15, -0.1) is 0 Å². The van der Waals surface area contributed by atoms with Crippen molar-refractivity contribution in [3.05, 3.63) is 99.5 Å². The number of aryl methyl sites for hydroxylation is 3. The summed E-state index contributed by atoms with van der Waals surface area (Å²) in [6.45, 7) is 6.02. The molecule has 1 aliphatic heterocycles. The summed E-state index contributed by atoms with van der Waals surface area (Å²) in [5.74, 6) is -0.0901. The third kappa shape index (κ3) is 6.19. The fraction of sp³-hybridized carbons (Fsp3) is 0.179. The molecule has 7 heteroatoms. The second kappa shape index (κ2) is 10.6. The number of thioether (sulfide) groups is 1. The Balaban J connectivity index is 1.38. The normalized spacial score (nSPS) is 14.5. The number of carbonyl (C=O) groups excluding carboxylic acids is 3. The maximum atomic E-state index is 12.8. The number of nitrogens with one attached hydrogen (secondary N) is 1. The molecule has 0 unspecified atom stereocenters. The molecule has 0 bridgehead atoms. The van der Waals surface area contributed by atoms with Gasteiger partial charge in [0, 0.05) is 5.69 Å². The number of rotatable bonds is 7. The van der Waals surface area contributed by atoms with Gasteiger partial charge in [-0.1, -0.05) is 59.7 Å².